The molecule has 134 valence electrons. The Hall–Kier alpha value is -3.93. The Morgan fingerprint density at radius 1 is 0.926 bits per heavy atom. The number of nitrogens with zero attached hydrogens (tertiary/aromatic N) is 1. The van der Waals surface area contributed by atoms with Crippen molar-refractivity contribution in [3.8, 4) is 5.75 Å². The fraction of sp³-hybridized carbons (Fsp3) is 0. The fourth-order valence-electron chi connectivity index (χ4n) is 2.35. The summed E-state index contributed by atoms with van der Waals surface area (Å²) in [5.41, 5.74) is 1.62. The first-order valence-electron chi connectivity index (χ1n) is 8.20. The molecular formula is C21H17N3O3. The van der Waals surface area contributed by atoms with Gasteiger partial charge in [-0.3, -0.25) is 14.6 Å². The Morgan fingerprint density at radius 3 is 2.37 bits per heavy atom. The van der Waals surface area contributed by atoms with Gasteiger partial charge in [-0.1, -0.05) is 24.3 Å². The Balaban J connectivity index is 1.86. The van der Waals surface area contributed by atoms with Crippen LogP contribution in [0.15, 0.2) is 84.8 Å². The number of rotatable bonds is 5. The van der Waals surface area contributed by atoms with Crippen molar-refractivity contribution in [2.24, 2.45) is 0 Å². The molecule has 0 fully saturated rings. The number of hydrogen-bond acceptors (Lipinski definition) is 4. The van der Waals surface area contributed by atoms with Crippen LogP contribution in [0.1, 0.15) is 15.9 Å². The van der Waals surface area contributed by atoms with Gasteiger partial charge in [-0.15, -0.1) is 0 Å². The second-order valence-electron chi connectivity index (χ2n) is 5.66. The standard InChI is InChI=1S/C21H17N3O3/c25-18-8-4-7-17(14-18)23-21(27)19(13-15-9-11-22-12-10-15)24-20(26)16-5-2-1-3-6-16/h1-14,25H,(H,23,27)(H,24,26)/b19-13-. The smallest absolute Gasteiger partial charge is 0.272 e. The molecular weight excluding hydrogens is 342 g/mol. The van der Waals surface area contributed by atoms with Crippen LogP contribution < -0.4 is 10.6 Å². The highest BCUT2D eigenvalue weighted by molar-refractivity contribution is 6.10. The lowest BCUT2D eigenvalue weighted by Gasteiger charge is -2.11. The summed E-state index contributed by atoms with van der Waals surface area (Å²) in [6.45, 7) is 0. The van der Waals surface area contributed by atoms with Crippen molar-refractivity contribution >= 4 is 23.6 Å². The van der Waals surface area contributed by atoms with E-state index >= 15 is 0 Å². The Labute approximate surface area is 156 Å². The van der Waals surface area contributed by atoms with E-state index in [1.165, 1.54) is 12.1 Å². The number of pyridine rings is 1. The van der Waals surface area contributed by atoms with Crippen molar-refractivity contribution in [3.05, 3.63) is 95.9 Å². The summed E-state index contributed by atoms with van der Waals surface area (Å²) in [7, 11) is 0. The largest absolute Gasteiger partial charge is 0.508 e. The van der Waals surface area contributed by atoms with Crippen LogP contribution in [-0.4, -0.2) is 21.9 Å². The molecule has 0 aliphatic heterocycles. The van der Waals surface area contributed by atoms with Crippen LogP contribution in [0.2, 0.25) is 0 Å². The van der Waals surface area contributed by atoms with Crippen LogP contribution in [0.3, 0.4) is 0 Å². The molecule has 0 spiro atoms. The minimum atomic E-state index is -0.512. The molecule has 0 atom stereocenters. The molecule has 0 unspecified atom stereocenters. The minimum absolute atomic E-state index is 0.0285. The zero-order valence-electron chi connectivity index (χ0n) is 14.3. The zero-order chi connectivity index (χ0) is 19.1. The van der Waals surface area contributed by atoms with Crippen molar-refractivity contribution in [2.45, 2.75) is 0 Å². The van der Waals surface area contributed by atoms with E-state index in [2.05, 4.69) is 15.6 Å². The molecule has 2 aromatic carbocycles. The molecule has 3 rings (SSSR count). The molecule has 0 aliphatic carbocycles. The van der Waals surface area contributed by atoms with E-state index in [1.807, 2.05) is 0 Å². The van der Waals surface area contributed by atoms with Gasteiger partial charge in [-0.2, -0.15) is 0 Å². The van der Waals surface area contributed by atoms with Crippen molar-refractivity contribution in [3.63, 3.8) is 0 Å². The van der Waals surface area contributed by atoms with Gasteiger partial charge in [0.15, 0.2) is 0 Å². The average molecular weight is 359 g/mol. The van der Waals surface area contributed by atoms with E-state index in [4.69, 9.17) is 0 Å². The van der Waals surface area contributed by atoms with Gasteiger partial charge in [0.25, 0.3) is 11.8 Å². The number of anilines is 1. The molecule has 0 bridgehead atoms. The van der Waals surface area contributed by atoms with Gasteiger partial charge in [-0.05, 0) is 48.0 Å². The Bertz CT molecular complexity index is 970. The van der Waals surface area contributed by atoms with Gasteiger partial charge in [0.05, 0.1) is 0 Å². The third-order valence-corrected chi connectivity index (χ3v) is 3.65. The third kappa shape index (κ3) is 5.02. The lowest BCUT2D eigenvalue weighted by molar-refractivity contribution is -0.113. The summed E-state index contributed by atoms with van der Waals surface area (Å²) < 4.78 is 0. The molecule has 3 aromatic rings. The third-order valence-electron chi connectivity index (χ3n) is 3.65. The van der Waals surface area contributed by atoms with Crippen LogP contribution in [-0.2, 0) is 4.79 Å². The average Bonchev–Trinajstić information content (AvgIpc) is 2.69. The van der Waals surface area contributed by atoms with Crippen LogP contribution in [0.5, 0.6) is 5.75 Å². The summed E-state index contributed by atoms with van der Waals surface area (Å²) in [6, 6.07) is 18.2. The molecule has 27 heavy (non-hydrogen) atoms. The van der Waals surface area contributed by atoms with Crippen LogP contribution in [0, 0.1) is 0 Å². The lowest BCUT2D eigenvalue weighted by Crippen LogP contribution is -2.30. The van der Waals surface area contributed by atoms with Gasteiger partial charge in [0.2, 0.25) is 0 Å². The molecule has 0 saturated heterocycles. The first kappa shape index (κ1) is 17.9. The normalized spacial score (nSPS) is 10.9. The van der Waals surface area contributed by atoms with E-state index in [9.17, 15) is 14.7 Å². The number of phenolic OH excluding ortho intramolecular Hbond substituents is 1. The summed E-state index contributed by atoms with van der Waals surface area (Å²) >= 11 is 0. The Kier molecular flexibility index (Phi) is 5.59. The molecule has 0 radical (unpaired) electrons. The number of aromatic nitrogens is 1. The van der Waals surface area contributed by atoms with Gasteiger partial charge in [0.1, 0.15) is 11.4 Å². The molecule has 0 aliphatic rings. The molecule has 0 saturated carbocycles. The number of amides is 2. The lowest BCUT2D eigenvalue weighted by atomic mass is 10.2. The highest BCUT2D eigenvalue weighted by Crippen LogP contribution is 2.16. The highest BCUT2D eigenvalue weighted by Gasteiger charge is 2.15. The molecule has 6 nitrogen and oxygen atoms in total. The maximum absolute atomic E-state index is 12.7. The first-order chi connectivity index (χ1) is 13.1. The van der Waals surface area contributed by atoms with E-state index in [-0.39, 0.29) is 11.4 Å². The number of phenols is 1. The second-order valence-corrected chi connectivity index (χ2v) is 5.66. The van der Waals surface area contributed by atoms with Crippen molar-refractivity contribution in [1.29, 1.82) is 0 Å². The predicted molar refractivity (Wildman–Crippen MR) is 103 cm³/mol. The monoisotopic (exact) mass is 359 g/mol. The van der Waals surface area contributed by atoms with Crippen molar-refractivity contribution < 1.29 is 14.7 Å². The molecule has 2 amide bonds. The number of nitrogens with one attached hydrogen (secondary N) is 2. The van der Waals surface area contributed by atoms with Gasteiger partial charge in [0, 0.05) is 29.7 Å². The van der Waals surface area contributed by atoms with E-state index in [1.54, 1.807) is 73.1 Å². The summed E-state index contributed by atoms with van der Waals surface area (Å²) in [5, 5.41) is 14.9. The number of hydrogen-bond donors (Lipinski definition) is 3. The SMILES string of the molecule is O=C(Nc1cccc(O)c1)/C(=C/c1ccncc1)NC(=O)c1ccccc1. The number of aromatic hydroxyl groups is 1. The van der Waals surface area contributed by atoms with Crippen LogP contribution >= 0.6 is 0 Å². The zero-order valence-corrected chi connectivity index (χ0v) is 14.3. The van der Waals surface area contributed by atoms with Gasteiger partial charge < -0.3 is 15.7 Å². The summed E-state index contributed by atoms with van der Waals surface area (Å²) in [6.07, 6.45) is 4.74. The van der Waals surface area contributed by atoms with Crippen molar-refractivity contribution in [2.75, 3.05) is 5.32 Å². The predicted octanol–water partition coefficient (Wildman–Crippen LogP) is 3.20. The van der Waals surface area contributed by atoms with E-state index in [0.717, 1.165) is 0 Å². The number of benzene rings is 2. The quantitative estimate of drug-likeness (QED) is 0.610. The van der Waals surface area contributed by atoms with Gasteiger partial charge in [-0.25, -0.2) is 0 Å². The van der Waals surface area contributed by atoms with E-state index < -0.39 is 11.8 Å². The fourth-order valence-corrected chi connectivity index (χ4v) is 2.35. The molecule has 1 heterocycles. The summed E-state index contributed by atoms with van der Waals surface area (Å²) in [5.74, 6) is -0.885. The minimum Gasteiger partial charge on any atom is -0.508 e. The first-order valence-corrected chi connectivity index (χ1v) is 8.20. The highest BCUT2D eigenvalue weighted by atomic mass is 16.3. The topological polar surface area (TPSA) is 91.3 Å². The number of carbonyl (C=O) groups is 2. The van der Waals surface area contributed by atoms with Crippen molar-refractivity contribution in [1.82, 2.24) is 10.3 Å². The maximum atomic E-state index is 12.7. The second kappa shape index (κ2) is 8.44. The van der Waals surface area contributed by atoms with Crippen LogP contribution in [0.4, 0.5) is 5.69 Å². The summed E-state index contributed by atoms with van der Waals surface area (Å²) in [4.78, 5) is 29.1. The van der Waals surface area contributed by atoms with Crippen LogP contribution in [0.25, 0.3) is 6.08 Å². The molecule has 3 N–H and O–H groups in total. The molecule has 1 aromatic heterocycles. The maximum Gasteiger partial charge on any atom is 0.272 e. The Morgan fingerprint density at radius 2 is 1.67 bits per heavy atom. The number of carbonyl (C=O) groups excluding carboxylic acids is 2. The molecule has 6 heteroatoms. The van der Waals surface area contributed by atoms with E-state index in [0.29, 0.717) is 16.8 Å². The van der Waals surface area contributed by atoms with Gasteiger partial charge >= 0.3 is 0 Å².